The molecule has 41 heavy (non-hydrogen) atoms. The van der Waals surface area contributed by atoms with Crippen molar-refractivity contribution in [2.24, 2.45) is 5.41 Å². The van der Waals surface area contributed by atoms with E-state index in [4.69, 9.17) is 27.9 Å². The van der Waals surface area contributed by atoms with Crippen LogP contribution in [-0.4, -0.2) is 42.1 Å². The highest BCUT2D eigenvalue weighted by molar-refractivity contribution is 7.17. The minimum atomic E-state index is -1.38. The third-order valence-electron chi connectivity index (χ3n) is 7.58. The normalized spacial score (nSPS) is 23.4. The first-order chi connectivity index (χ1) is 19.3. The lowest BCUT2D eigenvalue weighted by Gasteiger charge is -2.37. The van der Waals surface area contributed by atoms with Gasteiger partial charge < -0.3 is 25.8 Å². The van der Waals surface area contributed by atoms with E-state index in [1.54, 1.807) is 12.1 Å². The summed E-state index contributed by atoms with van der Waals surface area (Å²) in [6.45, 7) is 6.07. The van der Waals surface area contributed by atoms with Gasteiger partial charge in [0.25, 0.3) is 0 Å². The summed E-state index contributed by atoms with van der Waals surface area (Å²) in [6, 6.07) is 8.57. The Morgan fingerprint density at radius 3 is 2.59 bits per heavy atom. The average molecular weight is 621 g/mol. The molecule has 1 aromatic heterocycles. The van der Waals surface area contributed by atoms with Gasteiger partial charge in [-0.1, -0.05) is 56.1 Å². The highest BCUT2D eigenvalue weighted by Gasteiger charge is 2.67. The van der Waals surface area contributed by atoms with Crippen LogP contribution in [0.3, 0.4) is 0 Å². The first-order valence-corrected chi connectivity index (χ1v) is 14.4. The van der Waals surface area contributed by atoms with E-state index in [9.17, 15) is 19.5 Å². The number of carboxylic acids is 1. The fraction of sp³-hybridized carbons (Fsp3) is 0.345. The Bertz CT molecular complexity index is 1570. The highest BCUT2D eigenvalue weighted by Crippen LogP contribution is 2.59. The molecule has 2 aliphatic rings. The number of ether oxygens (including phenoxy) is 1. The Labute approximate surface area is 250 Å². The molecule has 0 aliphatic carbocycles. The fourth-order valence-corrected chi connectivity index (χ4v) is 7.64. The predicted molar refractivity (Wildman–Crippen MR) is 157 cm³/mol. The Morgan fingerprint density at radius 1 is 1.20 bits per heavy atom. The molecule has 12 heteroatoms. The van der Waals surface area contributed by atoms with Gasteiger partial charge in [-0.25, -0.2) is 9.18 Å². The van der Waals surface area contributed by atoms with Crippen LogP contribution >= 0.6 is 34.5 Å². The van der Waals surface area contributed by atoms with Crippen LogP contribution in [0.5, 0.6) is 5.75 Å². The molecule has 8 nitrogen and oxygen atoms in total. The lowest BCUT2D eigenvalue weighted by molar-refractivity contribution is -0.122. The van der Waals surface area contributed by atoms with Crippen molar-refractivity contribution in [1.29, 1.82) is 0 Å². The number of aromatic carboxylic acids is 1. The molecule has 4 N–H and O–H groups in total. The van der Waals surface area contributed by atoms with Crippen molar-refractivity contribution in [3.05, 3.63) is 73.6 Å². The summed E-state index contributed by atoms with van der Waals surface area (Å²) < 4.78 is 21.6. The van der Waals surface area contributed by atoms with Gasteiger partial charge >= 0.3 is 5.97 Å². The van der Waals surface area contributed by atoms with Gasteiger partial charge in [0.1, 0.15) is 17.0 Å². The molecule has 0 bridgehead atoms. The molecule has 4 atom stereocenters. The lowest BCUT2D eigenvalue weighted by atomic mass is 9.65. The summed E-state index contributed by atoms with van der Waals surface area (Å²) in [5.41, 5.74) is -0.823. The fourth-order valence-electron chi connectivity index (χ4n) is 6.00. The standard InChI is InChI=1S/C29H28Cl2FN3O5S/c1-28(2,3)12-19-29(24-17(34-27(29)39)11-20(31)41-24)21(14-6-5-7-15(30)22(14)32)23(35-19)25(36)33-16-9-8-13(26(37)38)10-18(16)40-4/h5-11,19,21,23,35H,12H2,1-4H3,(H,33,36)(H,34,39)(H,37,38)/t19-,21-,23+,29+/m1/s1. The van der Waals surface area contributed by atoms with Gasteiger partial charge in [0, 0.05) is 16.8 Å². The lowest BCUT2D eigenvalue weighted by Crippen LogP contribution is -2.49. The molecule has 2 amide bonds. The van der Waals surface area contributed by atoms with E-state index in [0.29, 0.717) is 21.3 Å². The maximum Gasteiger partial charge on any atom is 0.335 e. The quantitative estimate of drug-likeness (QED) is 0.258. The van der Waals surface area contributed by atoms with E-state index in [-0.39, 0.29) is 38.9 Å². The number of benzene rings is 2. The number of hydrogen-bond donors (Lipinski definition) is 4. The van der Waals surface area contributed by atoms with Crippen molar-refractivity contribution in [2.45, 2.75) is 50.6 Å². The van der Waals surface area contributed by atoms with E-state index in [1.165, 1.54) is 48.8 Å². The van der Waals surface area contributed by atoms with Crippen LogP contribution in [0.25, 0.3) is 0 Å². The number of carbonyl (C=O) groups excluding carboxylic acids is 2. The Hall–Kier alpha value is -3.18. The molecular weight excluding hydrogens is 592 g/mol. The molecule has 1 fully saturated rings. The number of carboxylic acid groups (broad SMARTS) is 1. The van der Waals surface area contributed by atoms with Crippen molar-refractivity contribution < 1.29 is 28.6 Å². The van der Waals surface area contributed by atoms with Crippen molar-refractivity contribution in [3.63, 3.8) is 0 Å². The molecule has 5 rings (SSSR count). The smallest absolute Gasteiger partial charge is 0.335 e. The van der Waals surface area contributed by atoms with Crippen molar-refractivity contribution in [2.75, 3.05) is 17.7 Å². The van der Waals surface area contributed by atoms with Gasteiger partial charge in [0.15, 0.2) is 0 Å². The SMILES string of the molecule is COc1cc(C(=O)O)ccc1NC(=O)[C@H]1N[C@H](CC(C)(C)C)[C@]2(C(=O)Nc3cc(Cl)sc32)[C@@H]1c1cccc(Cl)c1F. The van der Waals surface area contributed by atoms with Gasteiger partial charge in [0.2, 0.25) is 11.8 Å². The summed E-state index contributed by atoms with van der Waals surface area (Å²) in [5.74, 6) is -3.68. The molecule has 2 aromatic carbocycles. The second-order valence-electron chi connectivity index (χ2n) is 11.4. The Balaban J connectivity index is 1.69. The predicted octanol–water partition coefficient (Wildman–Crippen LogP) is 6.29. The largest absolute Gasteiger partial charge is 0.495 e. The number of methoxy groups -OCH3 is 1. The number of carbonyl (C=O) groups is 3. The van der Waals surface area contributed by atoms with E-state index in [0.717, 1.165) is 0 Å². The highest BCUT2D eigenvalue weighted by atomic mass is 35.5. The summed E-state index contributed by atoms with van der Waals surface area (Å²) in [4.78, 5) is 40.3. The monoisotopic (exact) mass is 619 g/mol. The van der Waals surface area contributed by atoms with Crippen LogP contribution in [-0.2, 0) is 15.0 Å². The molecule has 1 saturated heterocycles. The molecular formula is C29H28Cl2FN3O5S. The maximum absolute atomic E-state index is 15.8. The molecule has 3 heterocycles. The van der Waals surface area contributed by atoms with E-state index in [1.807, 2.05) is 20.8 Å². The van der Waals surface area contributed by atoms with Crippen LogP contribution in [0.4, 0.5) is 15.8 Å². The number of amides is 2. The van der Waals surface area contributed by atoms with E-state index in [2.05, 4.69) is 16.0 Å². The molecule has 216 valence electrons. The number of fused-ring (bicyclic) bond motifs is 2. The molecule has 3 aromatic rings. The number of anilines is 2. The second kappa shape index (κ2) is 10.6. The molecule has 1 spiro atoms. The van der Waals surface area contributed by atoms with Gasteiger partial charge in [-0.05, 0) is 47.7 Å². The van der Waals surface area contributed by atoms with Crippen LogP contribution in [0.15, 0.2) is 42.5 Å². The summed E-state index contributed by atoms with van der Waals surface area (Å²) in [7, 11) is 1.36. The number of halogens is 3. The van der Waals surface area contributed by atoms with Crippen LogP contribution in [0.2, 0.25) is 9.36 Å². The minimum absolute atomic E-state index is 0.0216. The number of hydrogen-bond acceptors (Lipinski definition) is 6. The topological polar surface area (TPSA) is 117 Å². The number of rotatable bonds is 6. The van der Waals surface area contributed by atoms with Gasteiger partial charge in [-0.15, -0.1) is 11.3 Å². The summed E-state index contributed by atoms with van der Waals surface area (Å²) in [6.07, 6.45) is 0.467. The van der Waals surface area contributed by atoms with E-state index < -0.39 is 41.1 Å². The first kappa shape index (κ1) is 29.3. The second-order valence-corrected chi connectivity index (χ2v) is 13.5. The van der Waals surface area contributed by atoms with Crippen LogP contribution in [0, 0.1) is 11.2 Å². The third-order valence-corrected chi connectivity index (χ3v) is 9.28. The third kappa shape index (κ3) is 4.97. The zero-order valence-corrected chi connectivity index (χ0v) is 24.9. The average Bonchev–Trinajstić information content (AvgIpc) is 3.50. The molecule has 0 unspecified atom stereocenters. The van der Waals surface area contributed by atoms with Gasteiger partial charge in [0.05, 0.1) is 39.4 Å². The summed E-state index contributed by atoms with van der Waals surface area (Å²) in [5, 5.41) is 18.4. The Kier molecular flexibility index (Phi) is 7.57. The maximum atomic E-state index is 15.8. The van der Waals surface area contributed by atoms with Crippen molar-refractivity contribution in [3.8, 4) is 5.75 Å². The van der Waals surface area contributed by atoms with Crippen molar-refractivity contribution >= 4 is 63.7 Å². The molecule has 2 aliphatic heterocycles. The van der Waals surface area contributed by atoms with Gasteiger partial charge in [-0.3, -0.25) is 9.59 Å². The van der Waals surface area contributed by atoms with Crippen LogP contribution < -0.4 is 20.7 Å². The first-order valence-electron chi connectivity index (χ1n) is 12.8. The Morgan fingerprint density at radius 2 is 1.93 bits per heavy atom. The molecule has 0 saturated carbocycles. The van der Waals surface area contributed by atoms with E-state index >= 15 is 4.39 Å². The van der Waals surface area contributed by atoms with Gasteiger partial charge in [-0.2, -0.15) is 0 Å². The minimum Gasteiger partial charge on any atom is -0.495 e. The number of nitrogens with one attached hydrogen (secondary N) is 3. The number of thiophene rings is 1. The van der Waals surface area contributed by atoms with Crippen molar-refractivity contribution in [1.82, 2.24) is 5.32 Å². The summed E-state index contributed by atoms with van der Waals surface area (Å²) >= 11 is 13.9. The zero-order valence-electron chi connectivity index (χ0n) is 22.6. The molecule has 0 radical (unpaired) electrons. The zero-order chi connectivity index (χ0) is 29.9. The van der Waals surface area contributed by atoms with Crippen LogP contribution in [0.1, 0.15) is 53.9 Å².